The first-order valence-corrected chi connectivity index (χ1v) is 7.33. The molecule has 0 aliphatic heterocycles. The minimum absolute atomic E-state index is 0.133. The van der Waals surface area contributed by atoms with Crippen LogP contribution in [0.1, 0.15) is 54.9 Å². The highest BCUT2D eigenvalue weighted by molar-refractivity contribution is 5.87. The standard InChI is InChI=1S/C16H22FNO2/c1-11(12-5-3-2-4-6-12)18-10-14-9-13(16(19)20)7-8-15(14)17/h7-9,11-12,18H,2-6,10H2,1H3,(H,19,20). The number of benzene rings is 1. The number of aromatic carboxylic acids is 1. The third kappa shape index (κ3) is 3.79. The van der Waals surface area contributed by atoms with Gasteiger partial charge in [-0.2, -0.15) is 0 Å². The van der Waals surface area contributed by atoms with Crippen molar-refractivity contribution in [2.75, 3.05) is 0 Å². The van der Waals surface area contributed by atoms with Gasteiger partial charge in [-0.3, -0.25) is 0 Å². The Morgan fingerprint density at radius 1 is 1.40 bits per heavy atom. The minimum atomic E-state index is -1.02. The van der Waals surface area contributed by atoms with Gasteiger partial charge in [-0.15, -0.1) is 0 Å². The molecule has 110 valence electrons. The zero-order valence-electron chi connectivity index (χ0n) is 11.9. The van der Waals surface area contributed by atoms with Crippen molar-refractivity contribution in [1.82, 2.24) is 5.32 Å². The SMILES string of the molecule is CC(NCc1cc(C(=O)O)ccc1F)C1CCCCC1. The molecule has 0 radical (unpaired) electrons. The van der Waals surface area contributed by atoms with Crippen molar-refractivity contribution in [2.24, 2.45) is 5.92 Å². The van der Waals surface area contributed by atoms with E-state index in [1.54, 1.807) is 0 Å². The summed E-state index contributed by atoms with van der Waals surface area (Å²) in [5.74, 6) is -0.723. The summed E-state index contributed by atoms with van der Waals surface area (Å²) in [5.41, 5.74) is 0.557. The number of rotatable bonds is 5. The Morgan fingerprint density at radius 2 is 2.10 bits per heavy atom. The lowest BCUT2D eigenvalue weighted by Gasteiger charge is -2.28. The van der Waals surface area contributed by atoms with Gasteiger partial charge < -0.3 is 10.4 Å². The maximum atomic E-state index is 13.7. The Morgan fingerprint density at radius 3 is 2.75 bits per heavy atom. The van der Waals surface area contributed by atoms with Crippen molar-refractivity contribution in [2.45, 2.75) is 51.6 Å². The lowest BCUT2D eigenvalue weighted by Crippen LogP contribution is -2.34. The highest BCUT2D eigenvalue weighted by atomic mass is 19.1. The topological polar surface area (TPSA) is 49.3 Å². The molecule has 1 aliphatic rings. The summed E-state index contributed by atoms with van der Waals surface area (Å²) in [4.78, 5) is 10.9. The molecule has 1 aromatic carbocycles. The molecule has 1 atom stereocenters. The molecule has 2 N–H and O–H groups in total. The third-order valence-electron chi connectivity index (χ3n) is 4.26. The first-order valence-electron chi connectivity index (χ1n) is 7.33. The molecule has 3 nitrogen and oxygen atoms in total. The van der Waals surface area contributed by atoms with Crippen LogP contribution in [0, 0.1) is 11.7 Å². The third-order valence-corrected chi connectivity index (χ3v) is 4.26. The van der Waals surface area contributed by atoms with Crippen LogP contribution >= 0.6 is 0 Å². The van der Waals surface area contributed by atoms with Crippen LogP contribution in [0.4, 0.5) is 4.39 Å². The van der Waals surface area contributed by atoms with Gasteiger partial charge in [0.1, 0.15) is 5.82 Å². The largest absolute Gasteiger partial charge is 0.478 e. The van der Waals surface area contributed by atoms with E-state index in [2.05, 4.69) is 12.2 Å². The number of carbonyl (C=O) groups is 1. The van der Waals surface area contributed by atoms with Crippen LogP contribution in [-0.4, -0.2) is 17.1 Å². The van der Waals surface area contributed by atoms with Gasteiger partial charge in [-0.05, 0) is 43.9 Å². The molecule has 1 aliphatic carbocycles. The average Bonchev–Trinajstić information content (AvgIpc) is 2.46. The van der Waals surface area contributed by atoms with E-state index in [4.69, 9.17) is 5.11 Å². The Bertz CT molecular complexity index is 470. The number of hydrogen-bond donors (Lipinski definition) is 2. The average molecular weight is 279 g/mol. The van der Waals surface area contributed by atoms with Crippen LogP contribution in [0.2, 0.25) is 0 Å². The van der Waals surface area contributed by atoms with E-state index < -0.39 is 5.97 Å². The first kappa shape index (κ1) is 15.0. The monoisotopic (exact) mass is 279 g/mol. The zero-order valence-corrected chi connectivity index (χ0v) is 11.9. The van der Waals surface area contributed by atoms with Crippen LogP contribution in [0.25, 0.3) is 0 Å². The van der Waals surface area contributed by atoms with Crippen molar-refractivity contribution in [1.29, 1.82) is 0 Å². The minimum Gasteiger partial charge on any atom is -0.478 e. The summed E-state index contributed by atoms with van der Waals surface area (Å²) in [6.45, 7) is 2.51. The summed E-state index contributed by atoms with van der Waals surface area (Å²) in [6.07, 6.45) is 6.33. The van der Waals surface area contributed by atoms with Gasteiger partial charge in [-0.1, -0.05) is 19.3 Å². The van der Waals surface area contributed by atoms with Gasteiger partial charge in [0.05, 0.1) is 5.56 Å². The van der Waals surface area contributed by atoms with Crippen molar-refractivity contribution in [3.05, 3.63) is 35.1 Å². The summed E-state index contributed by atoms with van der Waals surface area (Å²) in [5, 5.41) is 12.3. The molecule has 0 amide bonds. The van der Waals surface area contributed by atoms with Gasteiger partial charge in [0.25, 0.3) is 0 Å². The Labute approximate surface area is 119 Å². The molecule has 0 heterocycles. The lowest BCUT2D eigenvalue weighted by atomic mass is 9.84. The fraction of sp³-hybridized carbons (Fsp3) is 0.562. The Balaban J connectivity index is 1.95. The second-order valence-electron chi connectivity index (χ2n) is 5.68. The van der Waals surface area contributed by atoms with Crippen molar-refractivity contribution < 1.29 is 14.3 Å². The molecule has 0 saturated heterocycles. The predicted molar refractivity (Wildman–Crippen MR) is 76.2 cm³/mol. The molecule has 4 heteroatoms. The second kappa shape index (κ2) is 6.84. The maximum absolute atomic E-state index is 13.7. The summed E-state index contributed by atoms with van der Waals surface area (Å²) in [7, 11) is 0. The van der Waals surface area contributed by atoms with Gasteiger partial charge in [0, 0.05) is 18.2 Å². The molecule has 1 unspecified atom stereocenters. The maximum Gasteiger partial charge on any atom is 0.335 e. The predicted octanol–water partition coefficient (Wildman–Crippen LogP) is 3.58. The number of hydrogen-bond acceptors (Lipinski definition) is 2. The molecule has 0 spiro atoms. The molecule has 1 saturated carbocycles. The summed E-state index contributed by atoms with van der Waals surface area (Å²) in [6, 6.07) is 4.28. The number of carboxylic acid groups (broad SMARTS) is 1. The van der Waals surface area contributed by atoms with E-state index in [9.17, 15) is 9.18 Å². The fourth-order valence-corrected chi connectivity index (χ4v) is 2.92. The van der Waals surface area contributed by atoms with Gasteiger partial charge in [-0.25, -0.2) is 9.18 Å². The van der Waals surface area contributed by atoms with Crippen LogP contribution in [-0.2, 0) is 6.54 Å². The molecular weight excluding hydrogens is 257 g/mol. The molecule has 0 aromatic heterocycles. The zero-order chi connectivity index (χ0) is 14.5. The van der Waals surface area contributed by atoms with E-state index in [0.717, 1.165) is 0 Å². The smallest absolute Gasteiger partial charge is 0.335 e. The number of carboxylic acids is 1. The fourth-order valence-electron chi connectivity index (χ4n) is 2.92. The van der Waals surface area contributed by atoms with E-state index in [-0.39, 0.29) is 11.4 Å². The van der Waals surface area contributed by atoms with Gasteiger partial charge in [0.2, 0.25) is 0 Å². The molecular formula is C16H22FNO2. The van der Waals surface area contributed by atoms with Crippen LogP contribution < -0.4 is 5.32 Å². The van der Waals surface area contributed by atoms with E-state index in [0.29, 0.717) is 24.1 Å². The molecule has 1 fully saturated rings. The second-order valence-corrected chi connectivity index (χ2v) is 5.68. The number of nitrogens with one attached hydrogen (secondary N) is 1. The van der Waals surface area contributed by atoms with Gasteiger partial charge >= 0.3 is 5.97 Å². The highest BCUT2D eigenvalue weighted by Crippen LogP contribution is 2.26. The van der Waals surface area contributed by atoms with E-state index in [1.807, 2.05) is 0 Å². The Kier molecular flexibility index (Phi) is 5.12. The van der Waals surface area contributed by atoms with Crippen LogP contribution in [0.15, 0.2) is 18.2 Å². The molecule has 20 heavy (non-hydrogen) atoms. The van der Waals surface area contributed by atoms with Crippen LogP contribution in [0.3, 0.4) is 0 Å². The summed E-state index contributed by atoms with van der Waals surface area (Å²) < 4.78 is 13.7. The molecule has 0 bridgehead atoms. The lowest BCUT2D eigenvalue weighted by molar-refractivity contribution is 0.0696. The quantitative estimate of drug-likeness (QED) is 0.866. The number of halogens is 1. The van der Waals surface area contributed by atoms with Crippen LogP contribution in [0.5, 0.6) is 0 Å². The van der Waals surface area contributed by atoms with E-state index in [1.165, 1.54) is 50.3 Å². The Hall–Kier alpha value is -1.42. The normalized spacial score (nSPS) is 17.9. The van der Waals surface area contributed by atoms with Crippen molar-refractivity contribution >= 4 is 5.97 Å². The summed E-state index contributed by atoms with van der Waals surface area (Å²) >= 11 is 0. The molecule has 1 aromatic rings. The van der Waals surface area contributed by atoms with Crippen molar-refractivity contribution in [3.63, 3.8) is 0 Å². The highest BCUT2D eigenvalue weighted by Gasteiger charge is 2.20. The first-order chi connectivity index (χ1) is 9.58. The van der Waals surface area contributed by atoms with Crippen molar-refractivity contribution in [3.8, 4) is 0 Å². The van der Waals surface area contributed by atoms with E-state index >= 15 is 0 Å². The van der Waals surface area contributed by atoms with Gasteiger partial charge in [0.15, 0.2) is 0 Å². The molecule has 2 rings (SSSR count).